The minimum atomic E-state index is -4.57. The third-order valence-corrected chi connectivity index (χ3v) is 6.31. The maximum atomic E-state index is 12.9. The van der Waals surface area contributed by atoms with Crippen LogP contribution in [0.4, 0.5) is 18.9 Å². The molecule has 1 aliphatic carbocycles. The van der Waals surface area contributed by atoms with Crippen molar-refractivity contribution in [1.29, 1.82) is 0 Å². The summed E-state index contributed by atoms with van der Waals surface area (Å²) >= 11 is 6.90. The van der Waals surface area contributed by atoms with Crippen molar-refractivity contribution in [3.8, 4) is 0 Å². The summed E-state index contributed by atoms with van der Waals surface area (Å²) in [6, 6.07) is 2.80. The molecule has 0 radical (unpaired) electrons. The summed E-state index contributed by atoms with van der Waals surface area (Å²) in [5.41, 5.74) is -0.668. The number of thioether (sulfide) groups is 1. The van der Waals surface area contributed by atoms with Crippen molar-refractivity contribution in [3.05, 3.63) is 40.7 Å². The molecule has 0 atom stereocenters. The Hall–Kier alpha value is -2.24. The minimum Gasteiger partial charge on any atom is -0.390 e. The SMILES string of the molecule is O=C(CSc1ncc(CO)n1CC(=O)NC1CCCC1)Nc1cc(C(F)(F)F)ccc1Cl. The summed E-state index contributed by atoms with van der Waals surface area (Å²) in [6.45, 7) is -0.397. The molecule has 3 N–H and O–H groups in total. The summed E-state index contributed by atoms with van der Waals surface area (Å²) in [5, 5.41) is 15.2. The normalized spacial score (nSPS) is 14.5. The lowest BCUT2D eigenvalue weighted by Crippen LogP contribution is -2.35. The van der Waals surface area contributed by atoms with Gasteiger partial charge in [0.05, 0.1) is 40.5 Å². The molecule has 2 amide bonds. The predicted molar refractivity (Wildman–Crippen MR) is 114 cm³/mol. The quantitative estimate of drug-likeness (QED) is 0.489. The van der Waals surface area contributed by atoms with Gasteiger partial charge in [0.25, 0.3) is 0 Å². The smallest absolute Gasteiger partial charge is 0.390 e. The van der Waals surface area contributed by atoms with Gasteiger partial charge in [0.1, 0.15) is 6.54 Å². The lowest BCUT2D eigenvalue weighted by Gasteiger charge is -2.15. The number of rotatable bonds is 8. The van der Waals surface area contributed by atoms with Crippen LogP contribution in [0.1, 0.15) is 36.9 Å². The Morgan fingerprint density at radius 1 is 1.25 bits per heavy atom. The Morgan fingerprint density at radius 2 is 1.97 bits per heavy atom. The molecule has 0 spiro atoms. The van der Waals surface area contributed by atoms with Gasteiger partial charge in [0.15, 0.2) is 5.16 Å². The molecule has 0 bridgehead atoms. The van der Waals surface area contributed by atoms with Crippen LogP contribution in [0.3, 0.4) is 0 Å². The van der Waals surface area contributed by atoms with Gasteiger partial charge in [-0.25, -0.2) is 4.98 Å². The fourth-order valence-corrected chi connectivity index (χ4v) is 4.37. The van der Waals surface area contributed by atoms with E-state index in [1.807, 2.05) is 0 Å². The van der Waals surface area contributed by atoms with Crippen LogP contribution >= 0.6 is 23.4 Å². The number of aromatic nitrogens is 2. The number of carbonyl (C=O) groups is 2. The number of anilines is 1. The largest absolute Gasteiger partial charge is 0.416 e. The highest BCUT2D eigenvalue weighted by Crippen LogP contribution is 2.34. The number of nitrogens with zero attached hydrogens (tertiary/aromatic N) is 2. The molecule has 2 aromatic rings. The van der Waals surface area contributed by atoms with Crippen molar-refractivity contribution in [3.63, 3.8) is 0 Å². The Labute approximate surface area is 191 Å². The van der Waals surface area contributed by atoms with Crippen LogP contribution < -0.4 is 10.6 Å². The van der Waals surface area contributed by atoms with Crippen LogP contribution in [0.25, 0.3) is 0 Å². The van der Waals surface area contributed by atoms with Crippen LogP contribution in [-0.2, 0) is 28.9 Å². The Bertz CT molecular complexity index is 977. The molecule has 1 heterocycles. The highest BCUT2D eigenvalue weighted by Gasteiger charge is 2.31. The van der Waals surface area contributed by atoms with E-state index in [-0.39, 0.29) is 41.6 Å². The third-order valence-electron chi connectivity index (χ3n) is 4.99. The third kappa shape index (κ3) is 6.39. The molecular weight excluding hydrogens is 469 g/mol. The Morgan fingerprint density at radius 3 is 2.62 bits per heavy atom. The van der Waals surface area contributed by atoms with Gasteiger partial charge in [-0.1, -0.05) is 36.2 Å². The van der Waals surface area contributed by atoms with Crippen molar-refractivity contribution < 1.29 is 27.9 Å². The standard InChI is InChI=1S/C20H22ClF3N4O3S/c21-15-6-5-12(20(22,23)24)7-16(15)27-18(31)11-32-19-25-8-14(10-29)28(19)9-17(30)26-13-3-1-2-4-13/h5-8,13,29H,1-4,9-11H2,(H,26,30)(H,27,31). The molecule has 1 aliphatic rings. The number of hydrogen-bond acceptors (Lipinski definition) is 5. The molecule has 12 heteroatoms. The number of nitrogens with one attached hydrogen (secondary N) is 2. The summed E-state index contributed by atoms with van der Waals surface area (Å²) < 4.78 is 40.2. The van der Waals surface area contributed by atoms with E-state index in [4.69, 9.17) is 11.6 Å². The van der Waals surface area contributed by atoms with E-state index in [0.29, 0.717) is 10.9 Å². The second kappa shape index (κ2) is 10.6. The van der Waals surface area contributed by atoms with E-state index >= 15 is 0 Å². The monoisotopic (exact) mass is 490 g/mol. The van der Waals surface area contributed by atoms with Crippen molar-refractivity contribution in [2.45, 2.75) is 56.2 Å². The van der Waals surface area contributed by atoms with Crippen LogP contribution in [0.15, 0.2) is 29.6 Å². The van der Waals surface area contributed by atoms with Gasteiger partial charge < -0.3 is 20.3 Å². The van der Waals surface area contributed by atoms with E-state index in [0.717, 1.165) is 55.6 Å². The van der Waals surface area contributed by atoms with Gasteiger partial charge in [-0.2, -0.15) is 13.2 Å². The number of hydrogen-bond donors (Lipinski definition) is 3. The van der Waals surface area contributed by atoms with E-state index in [1.165, 1.54) is 10.8 Å². The molecule has 1 saturated carbocycles. The van der Waals surface area contributed by atoms with Crippen LogP contribution in [-0.4, -0.2) is 38.3 Å². The van der Waals surface area contributed by atoms with Gasteiger partial charge in [-0.15, -0.1) is 0 Å². The average molecular weight is 491 g/mol. The zero-order valence-corrected chi connectivity index (χ0v) is 18.5. The minimum absolute atomic E-state index is 0.0241. The molecule has 7 nitrogen and oxygen atoms in total. The van der Waals surface area contributed by atoms with Crippen molar-refractivity contribution in [1.82, 2.24) is 14.9 Å². The number of alkyl halides is 3. The predicted octanol–water partition coefficient (Wildman–Crippen LogP) is 3.84. The molecular formula is C20H22ClF3N4O3S. The zero-order valence-electron chi connectivity index (χ0n) is 16.9. The number of imidazole rings is 1. The molecule has 0 aliphatic heterocycles. The second-order valence-electron chi connectivity index (χ2n) is 7.35. The number of benzene rings is 1. The molecule has 0 unspecified atom stereocenters. The number of aliphatic hydroxyl groups excluding tert-OH is 1. The van der Waals surface area contributed by atoms with E-state index in [2.05, 4.69) is 15.6 Å². The van der Waals surface area contributed by atoms with Crippen molar-refractivity contribution >= 4 is 40.9 Å². The lowest BCUT2D eigenvalue weighted by atomic mass is 10.2. The second-order valence-corrected chi connectivity index (χ2v) is 8.70. The van der Waals surface area contributed by atoms with Crippen LogP contribution in [0, 0.1) is 0 Å². The molecule has 3 rings (SSSR count). The number of halogens is 4. The van der Waals surface area contributed by atoms with Gasteiger partial charge in [-0.3, -0.25) is 9.59 Å². The van der Waals surface area contributed by atoms with Gasteiger partial charge in [0, 0.05) is 6.04 Å². The average Bonchev–Trinajstić information content (AvgIpc) is 3.37. The Balaban J connectivity index is 1.62. The summed E-state index contributed by atoms with van der Waals surface area (Å²) in [5.74, 6) is -0.989. The van der Waals surface area contributed by atoms with Crippen molar-refractivity contribution in [2.75, 3.05) is 11.1 Å². The first-order chi connectivity index (χ1) is 15.2. The summed E-state index contributed by atoms with van der Waals surface area (Å²) in [4.78, 5) is 28.8. The molecule has 1 aromatic heterocycles. The van der Waals surface area contributed by atoms with Crippen LogP contribution in [0.2, 0.25) is 5.02 Å². The van der Waals surface area contributed by atoms with E-state index < -0.39 is 17.6 Å². The van der Waals surface area contributed by atoms with Crippen LogP contribution in [0.5, 0.6) is 0 Å². The zero-order chi connectivity index (χ0) is 23.3. The Kier molecular flexibility index (Phi) is 8.07. The van der Waals surface area contributed by atoms with Crippen molar-refractivity contribution in [2.24, 2.45) is 0 Å². The summed E-state index contributed by atoms with van der Waals surface area (Å²) in [7, 11) is 0. The van der Waals surface area contributed by atoms with Gasteiger partial charge in [0.2, 0.25) is 11.8 Å². The molecule has 1 fully saturated rings. The fraction of sp³-hybridized carbons (Fsp3) is 0.450. The topological polar surface area (TPSA) is 96.2 Å². The van der Waals surface area contributed by atoms with Gasteiger partial charge in [-0.05, 0) is 31.0 Å². The highest BCUT2D eigenvalue weighted by molar-refractivity contribution is 7.99. The molecule has 0 saturated heterocycles. The first-order valence-electron chi connectivity index (χ1n) is 9.91. The molecule has 32 heavy (non-hydrogen) atoms. The van der Waals surface area contributed by atoms with Gasteiger partial charge >= 0.3 is 6.18 Å². The number of amides is 2. The molecule has 1 aromatic carbocycles. The van der Waals surface area contributed by atoms with E-state index in [1.54, 1.807) is 0 Å². The fourth-order valence-electron chi connectivity index (χ4n) is 3.40. The maximum absolute atomic E-state index is 12.9. The first kappa shape index (κ1) is 24.4. The first-order valence-corrected chi connectivity index (χ1v) is 11.3. The molecule has 174 valence electrons. The summed E-state index contributed by atoms with van der Waals surface area (Å²) in [6.07, 6.45) is 0.856. The lowest BCUT2D eigenvalue weighted by molar-refractivity contribution is -0.137. The van der Waals surface area contributed by atoms with E-state index in [9.17, 15) is 27.9 Å². The number of aliphatic hydroxyl groups is 1. The maximum Gasteiger partial charge on any atom is 0.416 e. The highest BCUT2D eigenvalue weighted by atomic mass is 35.5. The number of carbonyl (C=O) groups excluding carboxylic acids is 2.